The van der Waals surface area contributed by atoms with Gasteiger partial charge >= 0.3 is 0 Å². The van der Waals surface area contributed by atoms with Gasteiger partial charge < -0.3 is 0 Å². The maximum atomic E-state index is 4.25. The highest BCUT2D eigenvalue weighted by atomic mass is 15.2. The van der Waals surface area contributed by atoms with Crippen molar-refractivity contribution in [2.24, 2.45) is 7.05 Å². The summed E-state index contributed by atoms with van der Waals surface area (Å²) in [5.74, 6) is 0. The number of aromatic nitrogens is 3. The van der Waals surface area contributed by atoms with Crippen LogP contribution < -0.4 is 0 Å². The normalized spacial score (nSPS) is 10.1. The molecule has 19 heavy (non-hydrogen) atoms. The molecule has 98 valence electrons. The van der Waals surface area contributed by atoms with E-state index in [0.717, 1.165) is 16.5 Å². The molecule has 0 amide bonds. The van der Waals surface area contributed by atoms with Crippen LogP contribution in [-0.4, -0.2) is 14.8 Å². The number of fused-ring (bicyclic) bond motifs is 1. The Kier molecular flexibility index (Phi) is 3.95. The molecule has 0 saturated carbocycles. The van der Waals surface area contributed by atoms with E-state index in [2.05, 4.69) is 41.3 Å². The first kappa shape index (κ1) is 13.3. The van der Waals surface area contributed by atoms with Crippen molar-refractivity contribution >= 4 is 10.9 Å². The van der Waals surface area contributed by atoms with Crippen molar-refractivity contribution in [3.8, 4) is 11.1 Å². The number of hydrogen-bond acceptors (Lipinski definition) is 2. The van der Waals surface area contributed by atoms with Crippen molar-refractivity contribution in [3.05, 3.63) is 48.4 Å². The molecule has 2 aromatic heterocycles. The zero-order valence-electron chi connectivity index (χ0n) is 11.9. The number of rotatable bonds is 1. The van der Waals surface area contributed by atoms with Crippen LogP contribution in [0.5, 0.6) is 0 Å². The molecule has 1 aromatic carbocycles. The first-order chi connectivity index (χ1) is 9.24. The van der Waals surface area contributed by atoms with Gasteiger partial charge in [0, 0.05) is 30.4 Å². The van der Waals surface area contributed by atoms with Gasteiger partial charge in [-0.3, -0.25) is 9.67 Å². The molecule has 3 nitrogen and oxygen atoms in total. The summed E-state index contributed by atoms with van der Waals surface area (Å²) in [6.45, 7) is 6.05. The molecule has 0 unspecified atom stereocenters. The topological polar surface area (TPSA) is 30.7 Å². The van der Waals surface area contributed by atoms with Crippen LogP contribution in [0.3, 0.4) is 0 Å². The Balaban J connectivity index is 0.000000637. The predicted molar refractivity (Wildman–Crippen MR) is 80.0 cm³/mol. The van der Waals surface area contributed by atoms with E-state index in [-0.39, 0.29) is 0 Å². The van der Waals surface area contributed by atoms with Gasteiger partial charge in [-0.25, -0.2) is 0 Å². The third kappa shape index (κ3) is 2.65. The van der Waals surface area contributed by atoms with E-state index in [1.807, 2.05) is 44.2 Å². The molecule has 3 rings (SSSR count). The number of hydrogen-bond donors (Lipinski definition) is 0. The van der Waals surface area contributed by atoms with Gasteiger partial charge in [0.25, 0.3) is 0 Å². The minimum atomic E-state index is 1.15. The summed E-state index contributed by atoms with van der Waals surface area (Å²) in [6, 6.07) is 8.50. The Hall–Kier alpha value is -2.16. The Morgan fingerprint density at radius 1 is 0.947 bits per heavy atom. The molecule has 0 N–H and O–H groups in total. The summed E-state index contributed by atoms with van der Waals surface area (Å²) >= 11 is 0. The highest BCUT2D eigenvalue weighted by molar-refractivity contribution is 5.84. The molecule has 0 fully saturated rings. The van der Waals surface area contributed by atoms with Gasteiger partial charge in [0.2, 0.25) is 0 Å². The number of aryl methyl sites for hydroxylation is 2. The van der Waals surface area contributed by atoms with Crippen molar-refractivity contribution in [3.63, 3.8) is 0 Å². The minimum Gasteiger partial charge on any atom is -0.268 e. The second kappa shape index (κ2) is 5.65. The standard InChI is InChI=1S/C14H13N3.C2H6/c1-10-5-12(8-15-7-10)11-3-4-14-13(6-11)9-16-17(14)2;1-2/h3-9H,1-2H3;1-2H3. The van der Waals surface area contributed by atoms with Crippen LogP contribution in [0.25, 0.3) is 22.0 Å². The Labute approximate surface area is 113 Å². The SMILES string of the molecule is CC.Cc1cncc(-c2ccc3c(cnn3C)c2)c1. The van der Waals surface area contributed by atoms with Gasteiger partial charge in [0.15, 0.2) is 0 Å². The Bertz CT molecular complexity index is 683. The molecule has 0 saturated heterocycles. The Morgan fingerprint density at radius 3 is 2.47 bits per heavy atom. The van der Waals surface area contributed by atoms with Gasteiger partial charge in [-0.2, -0.15) is 5.10 Å². The zero-order chi connectivity index (χ0) is 13.8. The second-order valence-corrected chi connectivity index (χ2v) is 4.29. The first-order valence-corrected chi connectivity index (χ1v) is 6.58. The lowest BCUT2D eigenvalue weighted by atomic mass is 10.0. The molecule has 3 heteroatoms. The highest BCUT2D eigenvalue weighted by Gasteiger charge is 2.03. The molecule has 0 aliphatic heterocycles. The average molecular weight is 253 g/mol. The van der Waals surface area contributed by atoms with Gasteiger partial charge in [0.05, 0.1) is 11.7 Å². The van der Waals surface area contributed by atoms with Crippen molar-refractivity contribution in [2.45, 2.75) is 20.8 Å². The summed E-state index contributed by atoms with van der Waals surface area (Å²) in [5, 5.41) is 5.41. The van der Waals surface area contributed by atoms with Crippen molar-refractivity contribution in [1.29, 1.82) is 0 Å². The quantitative estimate of drug-likeness (QED) is 0.657. The number of benzene rings is 1. The van der Waals surface area contributed by atoms with Crippen LogP contribution >= 0.6 is 0 Å². The van der Waals surface area contributed by atoms with E-state index >= 15 is 0 Å². The lowest BCUT2D eigenvalue weighted by Gasteiger charge is -2.03. The highest BCUT2D eigenvalue weighted by Crippen LogP contribution is 2.23. The van der Waals surface area contributed by atoms with Crippen LogP contribution in [0.2, 0.25) is 0 Å². The molecule has 3 aromatic rings. The second-order valence-electron chi connectivity index (χ2n) is 4.29. The third-order valence-electron chi connectivity index (χ3n) is 2.95. The molecule has 0 radical (unpaired) electrons. The van der Waals surface area contributed by atoms with E-state index in [1.54, 1.807) is 0 Å². The van der Waals surface area contributed by atoms with Crippen molar-refractivity contribution in [2.75, 3.05) is 0 Å². The number of pyridine rings is 1. The van der Waals surface area contributed by atoms with E-state index in [0.29, 0.717) is 0 Å². The molecule has 0 aliphatic carbocycles. The summed E-state index contributed by atoms with van der Waals surface area (Å²) in [4.78, 5) is 4.23. The lowest BCUT2D eigenvalue weighted by molar-refractivity contribution is 0.797. The van der Waals surface area contributed by atoms with Crippen LogP contribution in [0.1, 0.15) is 19.4 Å². The largest absolute Gasteiger partial charge is 0.268 e. The Morgan fingerprint density at radius 2 is 1.74 bits per heavy atom. The van der Waals surface area contributed by atoms with Crippen molar-refractivity contribution in [1.82, 2.24) is 14.8 Å². The predicted octanol–water partition coefficient (Wildman–Crippen LogP) is 3.97. The van der Waals surface area contributed by atoms with Gasteiger partial charge in [-0.15, -0.1) is 0 Å². The van der Waals surface area contributed by atoms with E-state index < -0.39 is 0 Å². The van der Waals surface area contributed by atoms with Crippen LogP contribution in [-0.2, 0) is 7.05 Å². The zero-order valence-corrected chi connectivity index (χ0v) is 11.9. The summed E-state index contributed by atoms with van der Waals surface area (Å²) in [6.07, 6.45) is 5.65. The summed E-state index contributed by atoms with van der Waals surface area (Å²) in [7, 11) is 1.95. The fourth-order valence-corrected chi connectivity index (χ4v) is 2.06. The van der Waals surface area contributed by atoms with Crippen LogP contribution in [0.4, 0.5) is 0 Å². The van der Waals surface area contributed by atoms with E-state index in [9.17, 15) is 0 Å². The van der Waals surface area contributed by atoms with Gasteiger partial charge in [-0.05, 0) is 36.2 Å². The minimum absolute atomic E-state index is 1.15. The third-order valence-corrected chi connectivity index (χ3v) is 2.95. The molecule has 2 heterocycles. The van der Waals surface area contributed by atoms with Gasteiger partial charge in [0.1, 0.15) is 0 Å². The molecular formula is C16H19N3. The summed E-state index contributed by atoms with van der Waals surface area (Å²) in [5.41, 5.74) is 4.65. The fraction of sp³-hybridized carbons (Fsp3) is 0.250. The van der Waals surface area contributed by atoms with E-state index in [1.165, 1.54) is 11.1 Å². The molecule has 0 spiro atoms. The average Bonchev–Trinajstić information content (AvgIpc) is 2.82. The van der Waals surface area contributed by atoms with E-state index in [4.69, 9.17) is 0 Å². The molecular weight excluding hydrogens is 234 g/mol. The monoisotopic (exact) mass is 253 g/mol. The molecule has 0 atom stereocenters. The maximum absolute atomic E-state index is 4.25. The first-order valence-electron chi connectivity index (χ1n) is 6.58. The molecule has 0 bridgehead atoms. The summed E-state index contributed by atoms with van der Waals surface area (Å²) < 4.78 is 1.88. The number of nitrogens with zero attached hydrogens (tertiary/aromatic N) is 3. The van der Waals surface area contributed by atoms with Crippen LogP contribution in [0, 0.1) is 6.92 Å². The van der Waals surface area contributed by atoms with Crippen LogP contribution in [0.15, 0.2) is 42.9 Å². The maximum Gasteiger partial charge on any atom is 0.0679 e. The van der Waals surface area contributed by atoms with Crippen molar-refractivity contribution < 1.29 is 0 Å². The molecule has 0 aliphatic rings. The fourth-order valence-electron chi connectivity index (χ4n) is 2.06. The smallest absolute Gasteiger partial charge is 0.0679 e. The van der Waals surface area contributed by atoms with Gasteiger partial charge in [-0.1, -0.05) is 19.9 Å². The lowest BCUT2D eigenvalue weighted by Crippen LogP contribution is -1.88.